The fraction of sp³-hybridized carbons (Fsp3) is 0.125. The number of aryl methyl sites for hydroxylation is 1. The molecule has 0 heterocycles. The van der Waals surface area contributed by atoms with Gasteiger partial charge in [-0.1, -0.05) is 27.5 Å². The number of rotatable bonds is 4. The molecule has 0 saturated heterocycles. The van der Waals surface area contributed by atoms with Crippen molar-refractivity contribution in [1.29, 1.82) is 0 Å². The van der Waals surface area contributed by atoms with E-state index in [0.717, 1.165) is 10.0 Å². The highest BCUT2D eigenvalue weighted by molar-refractivity contribution is 9.10. The van der Waals surface area contributed by atoms with Gasteiger partial charge in [-0.25, -0.2) is 0 Å². The molecule has 0 fully saturated rings. The summed E-state index contributed by atoms with van der Waals surface area (Å²) in [6.45, 7) is 1.84. The van der Waals surface area contributed by atoms with Crippen LogP contribution in [-0.2, 0) is 9.59 Å². The van der Waals surface area contributed by atoms with E-state index in [9.17, 15) is 9.59 Å². The van der Waals surface area contributed by atoms with Crippen molar-refractivity contribution in [3.63, 3.8) is 0 Å². The highest BCUT2D eigenvalue weighted by Gasteiger charge is 2.11. The molecule has 0 aliphatic heterocycles. The Morgan fingerprint density at radius 2 is 1.68 bits per heavy atom. The lowest BCUT2D eigenvalue weighted by Gasteiger charge is -2.09. The van der Waals surface area contributed by atoms with Crippen LogP contribution in [0.1, 0.15) is 12.0 Å². The number of hydrogen-bond donors (Lipinski definition) is 2. The number of amides is 2. The van der Waals surface area contributed by atoms with E-state index in [1.54, 1.807) is 30.3 Å². The van der Waals surface area contributed by atoms with Crippen LogP contribution in [0.25, 0.3) is 0 Å². The second-order valence-corrected chi connectivity index (χ2v) is 6.09. The molecule has 4 nitrogen and oxygen atoms in total. The lowest BCUT2D eigenvalue weighted by atomic mass is 10.2. The van der Waals surface area contributed by atoms with Crippen LogP contribution in [0.5, 0.6) is 0 Å². The maximum Gasteiger partial charge on any atom is 0.233 e. The summed E-state index contributed by atoms with van der Waals surface area (Å²) in [6.07, 6.45) is -0.252. The Labute approximate surface area is 142 Å². The van der Waals surface area contributed by atoms with Gasteiger partial charge in [0, 0.05) is 20.9 Å². The first-order chi connectivity index (χ1) is 10.4. The van der Waals surface area contributed by atoms with E-state index in [1.807, 2.05) is 19.1 Å². The van der Waals surface area contributed by atoms with Gasteiger partial charge in [-0.2, -0.15) is 0 Å². The summed E-state index contributed by atoms with van der Waals surface area (Å²) in [7, 11) is 0. The smallest absolute Gasteiger partial charge is 0.233 e. The number of anilines is 2. The number of carbonyl (C=O) groups excluding carboxylic acids is 2. The number of carbonyl (C=O) groups is 2. The normalized spacial score (nSPS) is 10.1. The average Bonchev–Trinajstić information content (AvgIpc) is 2.44. The van der Waals surface area contributed by atoms with E-state index in [4.69, 9.17) is 11.6 Å². The number of hydrogen-bond acceptors (Lipinski definition) is 2. The molecule has 2 rings (SSSR count). The van der Waals surface area contributed by atoms with Crippen LogP contribution in [0.4, 0.5) is 11.4 Å². The second kappa shape index (κ2) is 7.42. The first-order valence-corrected chi connectivity index (χ1v) is 7.72. The maximum absolute atomic E-state index is 11.9. The van der Waals surface area contributed by atoms with E-state index in [0.29, 0.717) is 16.4 Å². The molecule has 2 amide bonds. The third-order valence-corrected chi connectivity index (χ3v) is 3.68. The fourth-order valence-electron chi connectivity index (χ4n) is 1.85. The van der Waals surface area contributed by atoms with Crippen LogP contribution < -0.4 is 10.6 Å². The third kappa shape index (κ3) is 4.86. The standard InChI is InChI=1S/C16H14BrClN2O2/c1-10-8-12(18)4-7-14(10)20-16(22)9-15(21)19-13-5-2-11(17)3-6-13/h2-8H,9H2,1H3,(H,19,21)(H,20,22). The molecule has 6 heteroatoms. The SMILES string of the molecule is Cc1cc(Cl)ccc1NC(=O)CC(=O)Nc1ccc(Br)cc1. The molecule has 0 saturated carbocycles. The summed E-state index contributed by atoms with van der Waals surface area (Å²) in [5.74, 6) is -0.744. The monoisotopic (exact) mass is 380 g/mol. The summed E-state index contributed by atoms with van der Waals surface area (Å²) in [4.78, 5) is 23.7. The second-order valence-electron chi connectivity index (χ2n) is 4.74. The van der Waals surface area contributed by atoms with Crippen molar-refractivity contribution in [3.05, 3.63) is 57.5 Å². The molecule has 2 N–H and O–H groups in total. The molecular weight excluding hydrogens is 368 g/mol. The first kappa shape index (κ1) is 16.5. The largest absolute Gasteiger partial charge is 0.326 e. The Balaban J connectivity index is 1.91. The van der Waals surface area contributed by atoms with Gasteiger partial charge in [-0.3, -0.25) is 9.59 Å². The predicted octanol–water partition coefficient (Wildman–Crippen LogP) is 4.38. The van der Waals surface area contributed by atoms with Crippen molar-refractivity contribution < 1.29 is 9.59 Å². The molecule has 114 valence electrons. The molecule has 0 aliphatic rings. The van der Waals surface area contributed by atoms with Gasteiger partial charge in [0.15, 0.2) is 0 Å². The van der Waals surface area contributed by atoms with E-state index in [2.05, 4.69) is 26.6 Å². The number of halogens is 2. The molecule has 0 aliphatic carbocycles. The van der Waals surface area contributed by atoms with Crippen LogP contribution in [0.2, 0.25) is 5.02 Å². The molecule has 0 spiro atoms. The minimum atomic E-state index is -0.375. The molecule has 0 unspecified atom stereocenters. The predicted molar refractivity (Wildman–Crippen MR) is 92.2 cm³/mol. The average molecular weight is 382 g/mol. The van der Waals surface area contributed by atoms with Gasteiger partial charge in [0.1, 0.15) is 6.42 Å². The van der Waals surface area contributed by atoms with Gasteiger partial charge in [0.25, 0.3) is 0 Å². The van der Waals surface area contributed by atoms with Crippen LogP contribution >= 0.6 is 27.5 Å². The van der Waals surface area contributed by atoms with Crippen LogP contribution in [0.15, 0.2) is 46.9 Å². The van der Waals surface area contributed by atoms with E-state index in [-0.39, 0.29) is 18.2 Å². The summed E-state index contributed by atoms with van der Waals surface area (Å²) in [6, 6.07) is 12.3. The molecule has 2 aromatic rings. The Hall–Kier alpha value is -1.85. The van der Waals surface area contributed by atoms with Gasteiger partial charge in [0.2, 0.25) is 11.8 Å². The quantitative estimate of drug-likeness (QED) is 0.772. The lowest BCUT2D eigenvalue weighted by Crippen LogP contribution is -2.21. The van der Waals surface area contributed by atoms with Crippen LogP contribution in [-0.4, -0.2) is 11.8 Å². The molecule has 0 bridgehead atoms. The van der Waals surface area contributed by atoms with Crippen molar-refractivity contribution in [2.45, 2.75) is 13.3 Å². The Morgan fingerprint density at radius 3 is 2.32 bits per heavy atom. The highest BCUT2D eigenvalue weighted by Crippen LogP contribution is 2.20. The molecule has 0 atom stereocenters. The molecule has 2 aromatic carbocycles. The number of nitrogens with one attached hydrogen (secondary N) is 2. The van der Waals surface area contributed by atoms with Gasteiger partial charge in [0.05, 0.1) is 0 Å². The topological polar surface area (TPSA) is 58.2 Å². The van der Waals surface area contributed by atoms with E-state index in [1.165, 1.54) is 0 Å². The van der Waals surface area contributed by atoms with Gasteiger partial charge in [-0.15, -0.1) is 0 Å². The van der Waals surface area contributed by atoms with Crippen LogP contribution in [0.3, 0.4) is 0 Å². The Bertz CT molecular complexity index is 702. The van der Waals surface area contributed by atoms with Crippen molar-refractivity contribution in [2.24, 2.45) is 0 Å². The fourth-order valence-corrected chi connectivity index (χ4v) is 2.34. The molecule has 0 radical (unpaired) electrons. The lowest BCUT2D eigenvalue weighted by molar-refractivity contribution is -0.123. The zero-order valence-corrected chi connectivity index (χ0v) is 14.2. The van der Waals surface area contributed by atoms with Crippen molar-refractivity contribution in [3.8, 4) is 0 Å². The van der Waals surface area contributed by atoms with Gasteiger partial charge >= 0.3 is 0 Å². The molecular formula is C16H14BrClN2O2. The number of benzene rings is 2. The van der Waals surface area contributed by atoms with Gasteiger partial charge < -0.3 is 10.6 Å². The Morgan fingerprint density at radius 1 is 1.05 bits per heavy atom. The molecule has 0 aromatic heterocycles. The van der Waals surface area contributed by atoms with Crippen LogP contribution in [0, 0.1) is 6.92 Å². The highest BCUT2D eigenvalue weighted by atomic mass is 79.9. The van der Waals surface area contributed by atoms with Crippen molar-refractivity contribution >= 4 is 50.7 Å². The van der Waals surface area contributed by atoms with Crippen molar-refractivity contribution in [1.82, 2.24) is 0 Å². The summed E-state index contributed by atoms with van der Waals surface area (Å²) in [5, 5.41) is 5.97. The zero-order chi connectivity index (χ0) is 16.1. The summed E-state index contributed by atoms with van der Waals surface area (Å²) < 4.78 is 0.918. The zero-order valence-electron chi connectivity index (χ0n) is 11.8. The van der Waals surface area contributed by atoms with E-state index < -0.39 is 0 Å². The van der Waals surface area contributed by atoms with Crippen molar-refractivity contribution in [2.75, 3.05) is 10.6 Å². The molecule has 22 heavy (non-hydrogen) atoms. The van der Waals surface area contributed by atoms with Gasteiger partial charge in [-0.05, 0) is 55.0 Å². The third-order valence-electron chi connectivity index (χ3n) is 2.91. The summed E-state index contributed by atoms with van der Waals surface area (Å²) >= 11 is 9.17. The summed E-state index contributed by atoms with van der Waals surface area (Å²) in [5.41, 5.74) is 2.13. The first-order valence-electron chi connectivity index (χ1n) is 6.55. The minimum absolute atomic E-state index is 0.252. The minimum Gasteiger partial charge on any atom is -0.326 e. The maximum atomic E-state index is 11.9. The Kier molecular flexibility index (Phi) is 5.57. The van der Waals surface area contributed by atoms with E-state index >= 15 is 0 Å².